The van der Waals surface area contributed by atoms with Gasteiger partial charge < -0.3 is 15.8 Å². The number of nitrogen functional groups attached to an aromatic ring is 1. The molecule has 0 heterocycles. The van der Waals surface area contributed by atoms with Gasteiger partial charge in [0.1, 0.15) is 5.75 Å². The van der Waals surface area contributed by atoms with E-state index < -0.39 is 17.7 Å². The highest BCUT2D eigenvalue weighted by molar-refractivity contribution is 6.42. The standard InChI is InChI=1S/C17H17N3O4/c1-10-3-8-14(24-2)13(9-10)19-16(22)17(23)20-15(21)11-4-6-12(18)7-5-11/h3-9H,18H2,1-2H3,(H,19,22)(H,20,21,23). The monoisotopic (exact) mass is 327 g/mol. The largest absolute Gasteiger partial charge is 0.495 e. The van der Waals surface area contributed by atoms with Crippen molar-refractivity contribution in [2.24, 2.45) is 0 Å². The topological polar surface area (TPSA) is 111 Å². The summed E-state index contributed by atoms with van der Waals surface area (Å²) in [7, 11) is 1.45. The molecule has 0 bridgehead atoms. The van der Waals surface area contributed by atoms with Crippen LogP contribution in [0.3, 0.4) is 0 Å². The summed E-state index contributed by atoms with van der Waals surface area (Å²) >= 11 is 0. The van der Waals surface area contributed by atoms with Crippen molar-refractivity contribution in [3.63, 3.8) is 0 Å². The highest BCUT2D eigenvalue weighted by Gasteiger charge is 2.19. The molecule has 0 aromatic heterocycles. The lowest BCUT2D eigenvalue weighted by Gasteiger charge is -2.10. The number of amides is 3. The number of anilines is 2. The second-order valence-corrected chi connectivity index (χ2v) is 5.06. The number of benzene rings is 2. The van der Waals surface area contributed by atoms with Crippen LogP contribution in [0.2, 0.25) is 0 Å². The van der Waals surface area contributed by atoms with Crippen molar-refractivity contribution >= 4 is 29.1 Å². The summed E-state index contributed by atoms with van der Waals surface area (Å²) in [5.74, 6) is -2.32. The van der Waals surface area contributed by atoms with E-state index in [1.54, 1.807) is 18.2 Å². The normalized spacial score (nSPS) is 9.92. The molecule has 2 aromatic rings. The number of nitrogens with two attached hydrogens (primary N) is 1. The molecule has 0 aliphatic rings. The first-order valence-corrected chi connectivity index (χ1v) is 7.07. The molecule has 0 radical (unpaired) electrons. The Kier molecular flexibility index (Phi) is 5.16. The van der Waals surface area contributed by atoms with Gasteiger partial charge in [-0.1, -0.05) is 6.07 Å². The van der Waals surface area contributed by atoms with Crippen molar-refractivity contribution in [2.45, 2.75) is 6.92 Å². The maximum atomic E-state index is 12.0. The van der Waals surface area contributed by atoms with Gasteiger partial charge in [-0.25, -0.2) is 0 Å². The van der Waals surface area contributed by atoms with Crippen molar-refractivity contribution in [3.8, 4) is 5.75 Å². The van der Waals surface area contributed by atoms with Crippen LogP contribution in [0.25, 0.3) is 0 Å². The minimum absolute atomic E-state index is 0.221. The van der Waals surface area contributed by atoms with Crippen LogP contribution >= 0.6 is 0 Å². The van der Waals surface area contributed by atoms with Gasteiger partial charge in [-0.05, 0) is 48.9 Å². The summed E-state index contributed by atoms with van der Waals surface area (Å²) in [6.07, 6.45) is 0. The molecule has 0 fully saturated rings. The second-order valence-electron chi connectivity index (χ2n) is 5.06. The van der Waals surface area contributed by atoms with E-state index in [4.69, 9.17) is 10.5 Å². The molecule has 124 valence electrons. The second kappa shape index (κ2) is 7.28. The first kappa shape index (κ1) is 17.0. The molecule has 0 aliphatic carbocycles. The molecule has 2 rings (SSSR count). The highest BCUT2D eigenvalue weighted by atomic mass is 16.5. The zero-order chi connectivity index (χ0) is 17.7. The van der Waals surface area contributed by atoms with E-state index in [1.165, 1.54) is 31.4 Å². The van der Waals surface area contributed by atoms with Gasteiger partial charge in [-0.3, -0.25) is 19.7 Å². The van der Waals surface area contributed by atoms with Gasteiger partial charge in [-0.2, -0.15) is 0 Å². The van der Waals surface area contributed by atoms with Crippen LogP contribution in [0.15, 0.2) is 42.5 Å². The molecule has 7 nitrogen and oxygen atoms in total. The number of nitrogens with one attached hydrogen (secondary N) is 2. The third-order valence-corrected chi connectivity index (χ3v) is 3.21. The molecule has 0 spiro atoms. The van der Waals surface area contributed by atoms with Gasteiger partial charge in [-0.15, -0.1) is 0 Å². The lowest BCUT2D eigenvalue weighted by molar-refractivity contribution is -0.135. The number of imide groups is 1. The van der Waals surface area contributed by atoms with E-state index in [9.17, 15) is 14.4 Å². The molecule has 0 aliphatic heterocycles. The number of rotatable bonds is 3. The van der Waals surface area contributed by atoms with Gasteiger partial charge in [0.2, 0.25) is 0 Å². The van der Waals surface area contributed by atoms with Crippen molar-refractivity contribution in [3.05, 3.63) is 53.6 Å². The summed E-state index contributed by atoms with van der Waals surface area (Å²) < 4.78 is 5.12. The van der Waals surface area contributed by atoms with Crippen LogP contribution < -0.4 is 21.1 Å². The number of carbonyl (C=O) groups excluding carboxylic acids is 3. The van der Waals surface area contributed by atoms with E-state index in [1.807, 2.05) is 12.2 Å². The molecule has 24 heavy (non-hydrogen) atoms. The SMILES string of the molecule is COc1ccc(C)cc1NC(=O)C(=O)NC(=O)c1ccc(N)cc1. The maximum Gasteiger partial charge on any atom is 0.316 e. The number of ether oxygens (including phenoxy) is 1. The molecule has 0 atom stereocenters. The van der Waals surface area contributed by atoms with Crippen molar-refractivity contribution in [1.82, 2.24) is 5.32 Å². The van der Waals surface area contributed by atoms with Crippen LogP contribution in [-0.4, -0.2) is 24.8 Å². The van der Waals surface area contributed by atoms with Gasteiger partial charge in [0.05, 0.1) is 12.8 Å². The summed E-state index contributed by atoms with van der Waals surface area (Å²) in [4.78, 5) is 35.8. The average Bonchev–Trinajstić information content (AvgIpc) is 2.55. The van der Waals surface area contributed by atoms with Gasteiger partial charge in [0.25, 0.3) is 5.91 Å². The Labute approximate surface area is 138 Å². The van der Waals surface area contributed by atoms with Crippen molar-refractivity contribution in [2.75, 3.05) is 18.2 Å². The fourth-order valence-electron chi connectivity index (χ4n) is 1.97. The average molecular weight is 327 g/mol. The number of aryl methyl sites for hydroxylation is 1. The first-order chi connectivity index (χ1) is 11.4. The lowest BCUT2D eigenvalue weighted by atomic mass is 10.2. The van der Waals surface area contributed by atoms with Crippen LogP contribution in [0.5, 0.6) is 5.75 Å². The number of hydrogen-bond acceptors (Lipinski definition) is 5. The Morgan fingerprint density at radius 1 is 1.00 bits per heavy atom. The quantitative estimate of drug-likeness (QED) is 0.584. The van der Waals surface area contributed by atoms with Crippen LogP contribution in [0.1, 0.15) is 15.9 Å². The minimum atomic E-state index is -1.07. The summed E-state index contributed by atoms with van der Waals surface area (Å²) in [5.41, 5.74) is 7.46. The Bertz CT molecular complexity index is 785. The molecule has 0 unspecified atom stereocenters. The van der Waals surface area contributed by atoms with Crippen molar-refractivity contribution < 1.29 is 19.1 Å². The Balaban J connectivity index is 2.05. The van der Waals surface area contributed by atoms with Gasteiger partial charge >= 0.3 is 11.8 Å². The molecule has 4 N–H and O–H groups in total. The number of hydrogen-bond donors (Lipinski definition) is 3. The molecule has 0 saturated heterocycles. The first-order valence-electron chi connectivity index (χ1n) is 7.07. The summed E-state index contributed by atoms with van der Waals surface area (Å²) in [6, 6.07) is 11.1. The predicted octanol–water partition coefficient (Wildman–Crippen LogP) is 1.48. The van der Waals surface area contributed by atoms with Crippen LogP contribution in [0, 0.1) is 6.92 Å². The minimum Gasteiger partial charge on any atom is -0.495 e. The van der Waals surface area contributed by atoms with Gasteiger partial charge in [0, 0.05) is 11.3 Å². The summed E-state index contributed by atoms with van der Waals surface area (Å²) in [6.45, 7) is 1.83. The Hall–Kier alpha value is -3.35. The predicted molar refractivity (Wildman–Crippen MR) is 89.7 cm³/mol. The molecular weight excluding hydrogens is 310 g/mol. The van der Waals surface area contributed by atoms with E-state index in [2.05, 4.69) is 5.32 Å². The molecule has 3 amide bonds. The smallest absolute Gasteiger partial charge is 0.316 e. The fourth-order valence-corrected chi connectivity index (χ4v) is 1.97. The Morgan fingerprint density at radius 3 is 2.29 bits per heavy atom. The van der Waals surface area contributed by atoms with E-state index in [-0.39, 0.29) is 5.56 Å². The summed E-state index contributed by atoms with van der Waals surface area (Å²) in [5, 5.41) is 4.44. The third kappa shape index (κ3) is 4.10. The third-order valence-electron chi connectivity index (χ3n) is 3.21. The Morgan fingerprint density at radius 2 is 1.67 bits per heavy atom. The molecule has 2 aromatic carbocycles. The lowest BCUT2D eigenvalue weighted by Crippen LogP contribution is -2.39. The zero-order valence-electron chi connectivity index (χ0n) is 13.3. The zero-order valence-corrected chi connectivity index (χ0v) is 13.3. The maximum absolute atomic E-state index is 12.0. The van der Waals surface area contributed by atoms with E-state index >= 15 is 0 Å². The highest BCUT2D eigenvalue weighted by Crippen LogP contribution is 2.24. The fraction of sp³-hybridized carbons (Fsp3) is 0.118. The number of carbonyl (C=O) groups is 3. The molecule has 0 saturated carbocycles. The van der Waals surface area contributed by atoms with Crippen molar-refractivity contribution in [1.29, 1.82) is 0 Å². The number of methoxy groups -OCH3 is 1. The van der Waals surface area contributed by atoms with Crippen LogP contribution in [0.4, 0.5) is 11.4 Å². The van der Waals surface area contributed by atoms with E-state index in [0.717, 1.165) is 5.56 Å². The van der Waals surface area contributed by atoms with Gasteiger partial charge in [0.15, 0.2) is 0 Å². The van der Waals surface area contributed by atoms with E-state index in [0.29, 0.717) is 17.1 Å². The van der Waals surface area contributed by atoms with Crippen LogP contribution in [-0.2, 0) is 9.59 Å². The molecular formula is C17H17N3O4. The molecule has 7 heteroatoms.